The second-order valence-corrected chi connectivity index (χ2v) is 6.40. The molecule has 5 nitrogen and oxygen atoms in total. The number of nitrogens with one attached hydrogen (secondary N) is 1. The van der Waals surface area contributed by atoms with Crippen LogP contribution in [-0.4, -0.2) is 40.0 Å². The second kappa shape index (κ2) is 6.36. The first-order valence-electron chi connectivity index (χ1n) is 7.14. The van der Waals surface area contributed by atoms with Gasteiger partial charge >= 0.3 is 0 Å². The zero-order valence-electron chi connectivity index (χ0n) is 12.1. The first-order valence-corrected chi connectivity index (χ1v) is 7.90. The molecule has 1 aliphatic rings. The minimum atomic E-state index is -0.169. The van der Waals surface area contributed by atoms with Gasteiger partial charge in [0.05, 0.1) is 5.69 Å². The van der Waals surface area contributed by atoms with E-state index in [0.29, 0.717) is 11.4 Å². The number of likely N-dealkylation sites (tertiary alicyclic amines) is 1. The molecule has 0 radical (unpaired) electrons. The maximum absolute atomic E-state index is 12.0. The number of nitrogens with zero attached hydrogens (tertiary/aromatic N) is 3. The Hall–Kier alpha value is -1.43. The van der Waals surface area contributed by atoms with E-state index in [4.69, 9.17) is 23.2 Å². The maximum atomic E-state index is 12.0. The van der Waals surface area contributed by atoms with Gasteiger partial charge < -0.3 is 9.88 Å². The summed E-state index contributed by atoms with van der Waals surface area (Å²) in [4.78, 5) is 25.5. The van der Waals surface area contributed by atoms with Gasteiger partial charge in [0, 0.05) is 24.1 Å². The summed E-state index contributed by atoms with van der Waals surface area (Å²) in [6, 6.07) is 4.86. The monoisotopic (exact) mass is 338 g/mol. The third kappa shape index (κ3) is 3.48. The number of H-pyrrole nitrogens is 1. The van der Waals surface area contributed by atoms with Gasteiger partial charge in [0.1, 0.15) is 16.1 Å². The molecule has 7 heteroatoms. The molecule has 1 fully saturated rings. The smallest absolute Gasteiger partial charge is 0.251 e. The summed E-state index contributed by atoms with van der Waals surface area (Å²) in [6.07, 6.45) is 2.15. The molecule has 2 aromatic rings. The van der Waals surface area contributed by atoms with E-state index in [1.807, 2.05) is 0 Å². The van der Waals surface area contributed by atoms with Gasteiger partial charge in [0.15, 0.2) is 0 Å². The molecule has 3 heterocycles. The number of hydrogen-bond donors (Lipinski definition) is 1. The summed E-state index contributed by atoms with van der Waals surface area (Å²) in [7, 11) is 2.09. The Kier molecular flexibility index (Phi) is 4.47. The number of aromatic nitrogens is 3. The highest BCUT2D eigenvalue weighted by Gasteiger charge is 2.21. The van der Waals surface area contributed by atoms with Crippen molar-refractivity contribution in [2.24, 2.45) is 0 Å². The first-order chi connectivity index (χ1) is 10.5. The molecule has 1 unspecified atom stereocenters. The van der Waals surface area contributed by atoms with Crippen molar-refractivity contribution in [2.75, 3.05) is 20.1 Å². The van der Waals surface area contributed by atoms with Crippen LogP contribution in [0, 0.1) is 0 Å². The van der Waals surface area contributed by atoms with Gasteiger partial charge in [-0.25, -0.2) is 9.97 Å². The minimum absolute atomic E-state index is 0.169. The van der Waals surface area contributed by atoms with Crippen LogP contribution in [0.1, 0.15) is 24.5 Å². The number of likely N-dealkylation sites (N-methyl/N-ethyl adjacent to an activating group) is 1. The number of rotatable bonds is 2. The molecule has 0 amide bonds. The first kappa shape index (κ1) is 15.5. The summed E-state index contributed by atoms with van der Waals surface area (Å²) in [6.45, 7) is 2.00. The lowest BCUT2D eigenvalue weighted by Crippen LogP contribution is -2.31. The number of piperidine rings is 1. The molecule has 1 N–H and O–H groups in total. The highest BCUT2D eigenvalue weighted by molar-refractivity contribution is 6.32. The van der Waals surface area contributed by atoms with Gasteiger partial charge in [-0.1, -0.05) is 23.2 Å². The normalized spacial score (nSPS) is 19.3. The summed E-state index contributed by atoms with van der Waals surface area (Å²) in [5, 5.41) is 0.543. The van der Waals surface area contributed by atoms with Crippen molar-refractivity contribution in [3.8, 4) is 11.4 Å². The predicted octanol–water partition coefficient (Wildman–Crippen LogP) is 2.95. The predicted molar refractivity (Wildman–Crippen MR) is 87.6 cm³/mol. The molecule has 1 atom stereocenters. The molecule has 0 aliphatic carbocycles. The average molecular weight is 339 g/mol. The van der Waals surface area contributed by atoms with Crippen LogP contribution < -0.4 is 5.56 Å². The van der Waals surface area contributed by atoms with Gasteiger partial charge in [-0.05, 0) is 38.6 Å². The summed E-state index contributed by atoms with van der Waals surface area (Å²) in [5.74, 6) is 0.745. The van der Waals surface area contributed by atoms with Crippen molar-refractivity contribution < 1.29 is 0 Å². The third-order valence-electron chi connectivity index (χ3n) is 3.84. The molecule has 1 aliphatic heterocycles. The van der Waals surface area contributed by atoms with E-state index in [2.05, 4.69) is 26.9 Å². The lowest BCUT2D eigenvalue weighted by Gasteiger charge is -2.29. The Bertz CT molecular complexity index is 726. The van der Waals surface area contributed by atoms with Gasteiger partial charge in [-0.3, -0.25) is 4.79 Å². The lowest BCUT2D eigenvalue weighted by molar-refractivity contribution is 0.248. The van der Waals surface area contributed by atoms with Crippen LogP contribution in [0.3, 0.4) is 0 Å². The van der Waals surface area contributed by atoms with Crippen molar-refractivity contribution in [3.63, 3.8) is 0 Å². The summed E-state index contributed by atoms with van der Waals surface area (Å²) in [5.41, 5.74) is 1.31. The molecule has 0 saturated carbocycles. The van der Waals surface area contributed by atoms with E-state index in [-0.39, 0.29) is 21.8 Å². The van der Waals surface area contributed by atoms with E-state index in [0.717, 1.165) is 31.6 Å². The quantitative estimate of drug-likeness (QED) is 0.855. The molecule has 0 spiro atoms. The molecular weight excluding hydrogens is 323 g/mol. The van der Waals surface area contributed by atoms with Gasteiger partial charge in [-0.2, -0.15) is 0 Å². The Labute approximate surface area is 138 Å². The van der Waals surface area contributed by atoms with E-state index in [9.17, 15) is 4.79 Å². The van der Waals surface area contributed by atoms with Crippen LogP contribution in [-0.2, 0) is 0 Å². The fraction of sp³-hybridized carbons (Fsp3) is 0.400. The van der Waals surface area contributed by atoms with Crippen LogP contribution in [0.4, 0.5) is 0 Å². The molecular formula is C15H16Cl2N4O. The fourth-order valence-corrected chi connectivity index (χ4v) is 3.29. The molecule has 22 heavy (non-hydrogen) atoms. The van der Waals surface area contributed by atoms with Gasteiger partial charge in [0.25, 0.3) is 5.56 Å². The minimum Gasteiger partial charge on any atom is -0.307 e. The largest absolute Gasteiger partial charge is 0.307 e. The number of hydrogen-bond acceptors (Lipinski definition) is 4. The second-order valence-electron chi connectivity index (χ2n) is 5.62. The lowest BCUT2D eigenvalue weighted by atomic mass is 9.95. The standard InChI is InChI=1S/C15H16Cl2N4O/c1-21-4-2-3-9(8-21)11-7-14(22)20-15(18-11)10-5-12(16)19-13(17)6-10/h5-7,9H,2-4,8H2,1H3,(H,18,20,22). The van der Waals surface area contributed by atoms with Gasteiger partial charge in [0.2, 0.25) is 0 Å². The Balaban J connectivity index is 2.01. The van der Waals surface area contributed by atoms with Crippen molar-refractivity contribution in [1.29, 1.82) is 0 Å². The Morgan fingerprint density at radius 2 is 1.95 bits per heavy atom. The molecule has 0 bridgehead atoms. The highest BCUT2D eigenvalue weighted by atomic mass is 35.5. The van der Waals surface area contributed by atoms with E-state index in [1.165, 1.54) is 0 Å². The number of halogens is 2. The summed E-state index contributed by atoms with van der Waals surface area (Å²) < 4.78 is 0. The Morgan fingerprint density at radius 3 is 2.64 bits per heavy atom. The Morgan fingerprint density at radius 1 is 1.23 bits per heavy atom. The highest BCUT2D eigenvalue weighted by Crippen LogP contribution is 2.26. The molecule has 0 aromatic carbocycles. The van der Waals surface area contributed by atoms with E-state index >= 15 is 0 Å². The van der Waals surface area contributed by atoms with Gasteiger partial charge in [-0.15, -0.1) is 0 Å². The van der Waals surface area contributed by atoms with Crippen LogP contribution in [0.25, 0.3) is 11.4 Å². The van der Waals surface area contributed by atoms with E-state index in [1.54, 1.807) is 18.2 Å². The van der Waals surface area contributed by atoms with Crippen molar-refractivity contribution in [3.05, 3.63) is 44.6 Å². The number of pyridine rings is 1. The van der Waals surface area contributed by atoms with Crippen LogP contribution in [0.5, 0.6) is 0 Å². The zero-order valence-corrected chi connectivity index (χ0v) is 13.7. The van der Waals surface area contributed by atoms with Crippen LogP contribution in [0.15, 0.2) is 23.0 Å². The summed E-state index contributed by atoms with van der Waals surface area (Å²) >= 11 is 11.9. The van der Waals surface area contributed by atoms with Crippen LogP contribution >= 0.6 is 23.2 Å². The average Bonchev–Trinajstić information content (AvgIpc) is 2.45. The molecule has 2 aromatic heterocycles. The van der Waals surface area contributed by atoms with Crippen molar-refractivity contribution in [1.82, 2.24) is 19.9 Å². The van der Waals surface area contributed by atoms with Crippen LogP contribution in [0.2, 0.25) is 10.3 Å². The van der Waals surface area contributed by atoms with Crippen molar-refractivity contribution >= 4 is 23.2 Å². The maximum Gasteiger partial charge on any atom is 0.251 e. The zero-order chi connectivity index (χ0) is 15.7. The van der Waals surface area contributed by atoms with Crippen molar-refractivity contribution in [2.45, 2.75) is 18.8 Å². The molecule has 116 valence electrons. The third-order valence-corrected chi connectivity index (χ3v) is 4.23. The van der Waals surface area contributed by atoms with E-state index < -0.39 is 0 Å². The number of aromatic amines is 1. The molecule has 3 rings (SSSR count). The molecule has 1 saturated heterocycles. The SMILES string of the molecule is CN1CCCC(c2cc(=O)[nH]c(-c3cc(Cl)nc(Cl)c3)n2)C1. The fourth-order valence-electron chi connectivity index (χ4n) is 2.83. The topological polar surface area (TPSA) is 61.9 Å².